The summed E-state index contributed by atoms with van der Waals surface area (Å²) in [7, 11) is 0. The molecule has 0 spiro atoms. The van der Waals surface area contributed by atoms with Crippen molar-refractivity contribution in [2.45, 2.75) is 18.6 Å². The lowest BCUT2D eigenvalue weighted by Gasteiger charge is -2.38. The van der Waals surface area contributed by atoms with E-state index in [0.29, 0.717) is 6.54 Å². The van der Waals surface area contributed by atoms with Crippen LogP contribution in [0.4, 0.5) is 18.9 Å². The third kappa shape index (κ3) is 2.88. The van der Waals surface area contributed by atoms with Crippen molar-refractivity contribution in [2.24, 2.45) is 11.7 Å². The number of halogens is 3. The third-order valence-electron chi connectivity index (χ3n) is 2.97. The Morgan fingerprint density at radius 3 is 2.47 bits per heavy atom. The molecule has 17 heavy (non-hydrogen) atoms. The summed E-state index contributed by atoms with van der Waals surface area (Å²) in [4.78, 5) is 5.52. The van der Waals surface area contributed by atoms with Crippen LogP contribution >= 0.6 is 0 Å². The lowest BCUT2D eigenvalue weighted by Crippen LogP contribution is -2.51. The molecule has 0 aliphatic carbocycles. The molecule has 0 saturated carbocycles. The topological polar surface area (TPSA) is 42.1 Å². The van der Waals surface area contributed by atoms with E-state index in [9.17, 15) is 13.2 Å². The second-order valence-electron chi connectivity index (χ2n) is 4.34. The second-order valence-corrected chi connectivity index (χ2v) is 4.34. The number of hydrogen-bond acceptors (Lipinski definition) is 3. The summed E-state index contributed by atoms with van der Waals surface area (Å²) >= 11 is 0. The van der Waals surface area contributed by atoms with Gasteiger partial charge in [-0.1, -0.05) is 0 Å². The lowest BCUT2D eigenvalue weighted by atomic mass is 9.94. The third-order valence-corrected chi connectivity index (χ3v) is 2.97. The molecular weight excluding hydrogens is 231 g/mol. The van der Waals surface area contributed by atoms with Gasteiger partial charge in [0.25, 0.3) is 0 Å². The molecular formula is C11H14F3N3. The standard InChI is InChI=1S/C11H14F3N3/c12-11(13,14)8-5-9(15)7-17(6-8)10-1-3-16-4-2-10/h1-4,8-9H,5-7,15H2/t8-,9+/m1/s1. The molecule has 2 rings (SSSR count). The van der Waals surface area contributed by atoms with Gasteiger partial charge in [0.05, 0.1) is 5.92 Å². The summed E-state index contributed by atoms with van der Waals surface area (Å²) in [6.45, 7) is 0.428. The summed E-state index contributed by atoms with van der Waals surface area (Å²) in [5.74, 6) is -1.35. The van der Waals surface area contributed by atoms with Crippen LogP contribution in [0.15, 0.2) is 24.5 Å². The van der Waals surface area contributed by atoms with Crippen LogP contribution in [0.2, 0.25) is 0 Å². The molecule has 2 heterocycles. The monoisotopic (exact) mass is 245 g/mol. The van der Waals surface area contributed by atoms with Gasteiger partial charge in [0.2, 0.25) is 0 Å². The molecule has 6 heteroatoms. The van der Waals surface area contributed by atoms with Gasteiger partial charge in [0.15, 0.2) is 0 Å². The van der Waals surface area contributed by atoms with E-state index in [4.69, 9.17) is 5.73 Å². The van der Waals surface area contributed by atoms with Crippen LogP contribution in [-0.2, 0) is 0 Å². The van der Waals surface area contributed by atoms with Gasteiger partial charge in [-0.25, -0.2) is 0 Å². The molecule has 0 amide bonds. The van der Waals surface area contributed by atoms with Crippen molar-refractivity contribution in [3.05, 3.63) is 24.5 Å². The molecule has 0 unspecified atom stereocenters. The van der Waals surface area contributed by atoms with Crippen molar-refractivity contribution in [3.8, 4) is 0 Å². The molecule has 1 aromatic heterocycles. The van der Waals surface area contributed by atoms with E-state index >= 15 is 0 Å². The fraction of sp³-hybridized carbons (Fsp3) is 0.545. The van der Waals surface area contributed by atoms with Gasteiger partial charge < -0.3 is 10.6 Å². The van der Waals surface area contributed by atoms with Gasteiger partial charge in [0.1, 0.15) is 0 Å². The van der Waals surface area contributed by atoms with E-state index in [1.54, 1.807) is 29.4 Å². The molecule has 1 aromatic rings. The Hall–Kier alpha value is -1.30. The molecule has 1 saturated heterocycles. The highest BCUT2D eigenvalue weighted by Crippen LogP contribution is 2.34. The number of alkyl halides is 3. The van der Waals surface area contributed by atoms with E-state index in [-0.39, 0.29) is 13.0 Å². The van der Waals surface area contributed by atoms with Gasteiger partial charge in [-0.3, -0.25) is 4.98 Å². The Bertz CT molecular complexity index is 366. The number of aromatic nitrogens is 1. The molecule has 2 atom stereocenters. The predicted molar refractivity (Wildman–Crippen MR) is 58.6 cm³/mol. The van der Waals surface area contributed by atoms with Crippen molar-refractivity contribution in [1.29, 1.82) is 0 Å². The van der Waals surface area contributed by atoms with Crippen LogP contribution < -0.4 is 10.6 Å². The minimum Gasteiger partial charge on any atom is -0.369 e. The predicted octanol–water partition coefficient (Wildman–Crippen LogP) is 1.80. The van der Waals surface area contributed by atoms with Gasteiger partial charge >= 0.3 is 6.18 Å². The first kappa shape index (κ1) is 12.2. The molecule has 1 aliphatic rings. The van der Waals surface area contributed by atoms with E-state index in [0.717, 1.165) is 5.69 Å². The first-order chi connectivity index (χ1) is 7.97. The van der Waals surface area contributed by atoms with Crippen LogP contribution in [0.1, 0.15) is 6.42 Å². The van der Waals surface area contributed by atoms with Crippen LogP contribution in [0.3, 0.4) is 0 Å². The Labute approximate surface area is 97.4 Å². The Morgan fingerprint density at radius 2 is 1.88 bits per heavy atom. The second kappa shape index (κ2) is 4.52. The maximum atomic E-state index is 12.7. The Morgan fingerprint density at radius 1 is 1.24 bits per heavy atom. The summed E-state index contributed by atoms with van der Waals surface area (Å²) in [6.07, 6.45) is -1.04. The van der Waals surface area contributed by atoms with E-state index in [1.165, 1.54) is 0 Å². The summed E-state index contributed by atoms with van der Waals surface area (Å²) < 4.78 is 38.1. The fourth-order valence-corrected chi connectivity index (χ4v) is 2.14. The molecule has 1 fully saturated rings. The van der Waals surface area contributed by atoms with Crippen molar-refractivity contribution >= 4 is 5.69 Å². The zero-order valence-corrected chi connectivity index (χ0v) is 9.19. The van der Waals surface area contributed by atoms with Gasteiger partial charge in [-0.2, -0.15) is 13.2 Å². The number of nitrogens with two attached hydrogens (primary N) is 1. The van der Waals surface area contributed by atoms with Gasteiger partial charge in [-0.15, -0.1) is 0 Å². The zero-order valence-electron chi connectivity index (χ0n) is 9.19. The van der Waals surface area contributed by atoms with E-state index in [2.05, 4.69) is 4.98 Å². The number of pyridine rings is 1. The van der Waals surface area contributed by atoms with Crippen LogP contribution in [0, 0.1) is 5.92 Å². The Balaban J connectivity index is 2.15. The van der Waals surface area contributed by atoms with Crippen molar-refractivity contribution in [2.75, 3.05) is 18.0 Å². The highest BCUT2D eigenvalue weighted by Gasteiger charge is 2.43. The molecule has 2 N–H and O–H groups in total. The minimum atomic E-state index is -4.18. The maximum absolute atomic E-state index is 12.7. The first-order valence-corrected chi connectivity index (χ1v) is 5.44. The molecule has 0 bridgehead atoms. The molecule has 1 aliphatic heterocycles. The zero-order chi connectivity index (χ0) is 12.5. The SMILES string of the molecule is N[C@H]1C[C@@H](C(F)(F)F)CN(c2ccncc2)C1. The highest BCUT2D eigenvalue weighted by atomic mass is 19.4. The van der Waals surface area contributed by atoms with Crippen molar-refractivity contribution < 1.29 is 13.2 Å². The lowest BCUT2D eigenvalue weighted by molar-refractivity contribution is -0.177. The number of rotatable bonds is 1. The van der Waals surface area contributed by atoms with Crippen molar-refractivity contribution in [1.82, 2.24) is 4.98 Å². The largest absolute Gasteiger partial charge is 0.393 e. The molecule has 94 valence electrons. The van der Waals surface area contributed by atoms with E-state index in [1.807, 2.05) is 0 Å². The smallest absolute Gasteiger partial charge is 0.369 e. The molecule has 0 radical (unpaired) electrons. The molecule has 0 aromatic carbocycles. The number of piperidine rings is 1. The fourth-order valence-electron chi connectivity index (χ4n) is 2.14. The van der Waals surface area contributed by atoms with Crippen LogP contribution in [0.25, 0.3) is 0 Å². The normalized spacial score (nSPS) is 26.0. The van der Waals surface area contributed by atoms with Gasteiger partial charge in [0, 0.05) is 37.2 Å². The Kier molecular flexibility index (Phi) is 3.24. The average Bonchev–Trinajstić information content (AvgIpc) is 2.28. The van der Waals surface area contributed by atoms with Crippen molar-refractivity contribution in [3.63, 3.8) is 0 Å². The highest BCUT2D eigenvalue weighted by molar-refractivity contribution is 5.45. The first-order valence-electron chi connectivity index (χ1n) is 5.44. The van der Waals surface area contributed by atoms with Crippen LogP contribution in [-0.4, -0.2) is 30.3 Å². The quantitative estimate of drug-likeness (QED) is 0.820. The summed E-state index contributed by atoms with van der Waals surface area (Å²) in [6, 6.07) is 2.96. The number of anilines is 1. The summed E-state index contributed by atoms with van der Waals surface area (Å²) in [5, 5.41) is 0. The van der Waals surface area contributed by atoms with Crippen LogP contribution in [0.5, 0.6) is 0 Å². The molecule has 3 nitrogen and oxygen atoms in total. The van der Waals surface area contributed by atoms with E-state index < -0.39 is 18.1 Å². The van der Waals surface area contributed by atoms with Gasteiger partial charge in [-0.05, 0) is 18.6 Å². The number of nitrogens with zero attached hydrogens (tertiary/aromatic N) is 2. The summed E-state index contributed by atoms with van der Waals surface area (Å²) in [5.41, 5.74) is 6.43. The number of hydrogen-bond donors (Lipinski definition) is 1. The average molecular weight is 245 g/mol. The maximum Gasteiger partial charge on any atom is 0.393 e. The minimum absolute atomic E-state index is 0.00504.